The van der Waals surface area contributed by atoms with Crippen LogP contribution in [0.25, 0.3) is 0 Å². The molecule has 0 fully saturated rings. The molecule has 0 N–H and O–H groups in total. The van der Waals surface area contributed by atoms with E-state index in [0.717, 1.165) is 0 Å². The molecule has 1 aromatic rings. The van der Waals surface area contributed by atoms with Crippen molar-refractivity contribution in [3.8, 4) is 0 Å². The van der Waals surface area contributed by atoms with Crippen LogP contribution in [-0.4, -0.2) is 45.1 Å². The predicted octanol–water partition coefficient (Wildman–Crippen LogP) is 1.12. The van der Waals surface area contributed by atoms with E-state index in [1.807, 2.05) is 0 Å². The van der Waals surface area contributed by atoms with E-state index in [4.69, 9.17) is 11.6 Å². The Kier molecular flexibility index (Phi) is 4.90. The highest BCUT2D eigenvalue weighted by Crippen LogP contribution is 2.04. The Morgan fingerprint density at radius 1 is 1.60 bits per heavy atom. The molecule has 7 heteroatoms. The first-order valence-corrected chi connectivity index (χ1v) is 5.06. The fourth-order valence-electron chi connectivity index (χ4n) is 1.21. The molecule has 0 unspecified atom stereocenters. The molecule has 0 aliphatic carbocycles. The Hall–Kier alpha value is -0.750. The highest BCUT2D eigenvalue weighted by Gasteiger charge is 2.14. The molecule has 0 amide bonds. The molecule has 0 radical (unpaired) electrons. The van der Waals surface area contributed by atoms with Crippen molar-refractivity contribution in [2.24, 2.45) is 7.05 Å². The molecule has 0 aliphatic rings. The van der Waals surface area contributed by atoms with E-state index >= 15 is 0 Å². The molecule has 0 aromatic carbocycles. The summed E-state index contributed by atoms with van der Waals surface area (Å²) in [5.74, 6) is 0.977. The largest absolute Gasteiger partial charge is 0.289 e. The van der Waals surface area contributed by atoms with Crippen molar-refractivity contribution in [3.05, 3.63) is 12.2 Å². The lowest BCUT2D eigenvalue weighted by Gasteiger charge is -2.19. The topological polar surface area (TPSA) is 34.0 Å². The Bertz CT molecular complexity index is 292. The molecule has 0 bridgehead atoms. The Morgan fingerprint density at radius 3 is 2.80 bits per heavy atom. The third-order valence-corrected chi connectivity index (χ3v) is 2.14. The molecule has 0 atom stereocenters. The predicted molar refractivity (Wildman–Crippen MR) is 53.0 cm³/mol. The number of hydrogen-bond donors (Lipinski definition) is 0. The highest BCUT2D eigenvalue weighted by atomic mass is 35.5. The molecule has 1 rings (SSSR count). The number of nitrogens with zero attached hydrogens (tertiary/aromatic N) is 4. The summed E-state index contributed by atoms with van der Waals surface area (Å²) in [7, 11) is 1.73. The molecule has 0 saturated heterocycles. The Labute approximate surface area is 91.8 Å². The third kappa shape index (κ3) is 4.09. The molecule has 15 heavy (non-hydrogen) atoms. The van der Waals surface area contributed by atoms with Gasteiger partial charge in [-0.15, -0.1) is 11.6 Å². The van der Waals surface area contributed by atoms with Gasteiger partial charge in [-0.25, -0.2) is 13.8 Å². The van der Waals surface area contributed by atoms with Gasteiger partial charge in [0.05, 0.1) is 13.1 Å². The molecular weight excluding hydrogens is 226 g/mol. The van der Waals surface area contributed by atoms with E-state index in [9.17, 15) is 8.78 Å². The maximum absolute atomic E-state index is 12.2. The maximum atomic E-state index is 12.2. The van der Waals surface area contributed by atoms with Gasteiger partial charge in [-0.05, 0) is 0 Å². The van der Waals surface area contributed by atoms with Crippen molar-refractivity contribution in [2.45, 2.75) is 13.0 Å². The van der Waals surface area contributed by atoms with Gasteiger partial charge in [-0.2, -0.15) is 5.10 Å². The number of aromatic nitrogens is 3. The van der Waals surface area contributed by atoms with Crippen molar-refractivity contribution in [1.29, 1.82) is 0 Å². The fraction of sp³-hybridized carbons (Fsp3) is 0.750. The van der Waals surface area contributed by atoms with Crippen molar-refractivity contribution < 1.29 is 8.78 Å². The quantitative estimate of drug-likeness (QED) is 0.697. The van der Waals surface area contributed by atoms with Crippen LogP contribution in [0, 0.1) is 0 Å². The summed E-state index contributed by atoms with van der Waals surface area (Å²) in [4.78, 5) is 5.52. The zero-order valence-corrected chi connectivity index (χ0v) is 9.16. The van der Waals surface area contributed by atoms with Crippen molar-refractivity contribution in [1.82, 2.24) is 19.7 Å². The van der Waals surface area contributed by atoms with Crippen LogP contribution >= 0.6 is 11.6 Å². The number of hydrogen-bond acceptors (Lipinski definition) is 3. The molecule has 4 nitrogen and oxygen atoms in total. The van der Waals surface area contributed by atoms with Crippen LogP contribution in [-0.2, 0) is 13.6 Å². The SMILES string of the molecule is Cn1ncnc1CN(CCCl)CC(F)F. The zero-order valence-electron chi connectivity index (χ0n) is 8.41. The van der Waals surface area contributed by atoms with E-state index in [1.54, 1.807) is 16.6 Å². The molecule has 0 aliphatic heterocycles. The van der Waals surface area contributed by atoms with Gasteiger partial charge < -0.3 is 0 Å². The molecule has 0 saturated carbocycles. The lowest BCUT2D eigenvalue weighted by atomic mass is 10.4. The van der Waals surface area contributed by atoms with E-state index in [1.165, 1.54) is 6.33 Å². The average Bonchev–Trinajstić information content (AvgIpc) is 2.51. The monoisotopic (exact) mass is 238 g/mol. The minimum atomic E-state index is -2.36. The van der Waals surface area contributed by atoms with Gasteiger partial charge in [0, 0.05) is 19.5 Å². The van der Waals surface area contributed by atoms with Crippen LogP contribution in [0.4, 0.5) is 8.78 Å². The standard InChI is InChI=1S/C8H13ClF2N4/c1-14-8(12-6-13-14)5-15(3-2-9)4-7(10)11/h6-7H,2-5H2,1H3. The fourth-order valence-corrected chi connectivity index (χ4v) is 1.45. The van der Waals surface area contributed by atoms with Gasteiger partial charge in [0.15, 0.2) is 0 Å². The van der Waals surface area contributed by atoms with Crippen LogP contribution in [0.15, 0.2) is 6.33 Å². The van der Waals surface area contributed by atoms with Crippen LogP contribution in [0.2, 0.25) is 0 Å². The first-order valence-electron chi connectivity index (χ1n) is 4.53. The normalized spacial score (nSPS) is 11.6. The minimum absolute atomic E-state index is 0.292. The van der Waals surface area contributed by atoms with Gasteiger partial charge in [0.25, 0.3) is 6.43 Å². The van der Waals surface area contributed by atoms with Crippen LogP contribution in [0.3, 0.4) is 0 Å². The third-order valence-electron chi connectivity index (χ3n) is 1.97. The molecule has 0 spiro atoms. The summed E-state index contributed by atoms with van der Waals surface area (Å²) in [5, 5.41) is 3.87. The minimum Gasteiger partial charge on any atom is -0.289 e. The van der Waals surface area contributed by atoms with E-state index in [0.29, 0.717) is 24.8 Å². The zero-order chi connectivity index (χ0) is 11.3. The average molecular weight is 239 g/mol. The second-order valence-corrected chi connectivity index (χ2v) is 3.49. The molecule has 86 valence electrons. The van der Waals surface area contributed by atoms with Crippen molar-refractivity contribution in [2.75, 3.05) is 19.0 Å². The van der Waals surface area contributed by atoms with Crippen molar-refractivity contribution >= 4 is 11.6 Å². The van der Waals surface area contributed by atoms with Gasteiger partial charge in [0.1, 0.15) is 12.2 Å². The van der Waals surface area contributed by atoms with Crippen LogP contribution < -0.4 is 0 Å². The first kappa shape index (κ1) is 12.3. The summed E-state index contributed by atoms with van der Waals surface area (Å²) >= 11 is 5.53. The van der Waals surface area contributed by atoms with Crippen molar-refractivity contribution in [3.63, 3.8) is 0 Å². The number of rotatable bonds is 6. The number of aryl methyl sites for hydroxylation is 1. The lowest BCUT2D eigenvalue weighted by molar-refractivity contribution is 0.0861. The smallest absolute Gasteiger partial charge is 0.251 e. The first-order chi connectivity index (χ1) is 7.13. The summed E-state index contributed by atoms with van der Waals surface area (Å²) < 4.78 is 26.0. The lowest BCUT2D eigenvalue weighted by Crippen LogP contribution is -2.31. The molecular formula is C8H13ClF2N4. The van der Waals surface area contributed by atoms with Gasteiger partial charge >= 0.3 is 0 Å². The summed E-state index contributed by atoms with van der Waals surface area (Å²) in [5.41, 5.74) is 0. The molecule has 1 heterocycles. The highest BCUT2D eigenvalue weighted by molar-refractivity contribution is 6.18. The second kappa shape index (κ2) is 5.97. The summed E-state index contributed by atoms with van der Waals surface area (Å²) in [6.07, 6.45) is -0.960. The van der Waals surface area contributed by atoms with Gasteiger partial charge in [-0.3, -0.25) is 9.58 Å². The van der Waals surface area contributed by atoms with E-state index in [-0.39, 0.29) is 6.54 Å². The van der Waals surface area contributed by atoms with E-state index in [2.05, 4.69) is 10.1 Å². The summed E-state index contributed by atoms with van der Waals surface area (Å²) in [6.45, 7) is 0.464. The summed E-state index contributed by atoms with van der Waals surface area (Å²) in [6, 6.07) is 0. The maximum Gasteiger partial charge on any atom is 0.251 e. The molecule has 1 aromatic heterocycles. The number of halogens is 3. The van der Waals surface area contributed by atoms with E-state index < -0.39 is 6.43 Å². The Morgan fingerprint density at radius 2 is 2.33 bits per heavy atom. The van der Waals surface area contributed by atoms with Crippen LogP contribution in [0.5, 0.6) is 0 Å². The second-order valence-electron chi connectivity index (χ2n) is 3.12. The van der Waals surface area contributed by atoms with Gasteiger partial charge in [0.2, 0.25) is 0 Å². The van der Waals surface area contributed by atoms with Gasteiger partial charge in [-0.1, -0.05) is 0 Å². The van der Waals surface area contributed by atoms with Crippen LogP contribution in [0.1, 0.15) is 5.82 Å². The number of alkyl halides is 3. The Balaban J connectivity index is 2.54.